The molecule has 6 nitrogen and oxygen atoms in total. The van der Waals surface area contributed by atoms with Gasteiger partial charge in [-0.25, -0.2) is 0 Å². The number of rotatable bonds is 4. The van der Waals surface area contributed by atoms with Crippen molar-refractivity contribution in [3.63, 3.8) is 0 Å². The molecule has 2 aromatic heterocycles. The number of pyridine rings is 1. The number of hydrogen-bond donors (Lipinski definition) is 2. The van der Waals surface area contributed by atoms with E-state index in [1.54, 1.807) is 6.07 Å². The molecule has 0 fully saturated rings. The molecule has 0 saturated carbocycles. The monoisotopic (exact) mass is 278 g/mol. The van der Waals surface area contributed by atoms with E-state index in [2.05, 4.69) is 34.3 Å². The highest BCUT2D eigenvalue weighted by molar-refractivity contribution is 7.15. The summed E-state index contributed by atoms with van der Waals surface area (Å²) >= 11 is 1.32. The van der Waals surface area contributed by atoms with Crippen LogP contribution in [0.5, 0.6) is 0 Å². The number of aromatic amines is 1. The lowest BCUT2D eigenvalue weighted by Crippen LogP contribution is -2.22. The third-order valence-electron chi connectivity index (χ3n) is 2.33. The molecule has 0 aliphatic carbocycles. The number of amides is 1. The van der Waals surface area contributed by atoms with E-state index in [-0.39, 0.29) is 5.56 Å². The van der Waals surface area contributed by atoms with Crippen LogP contribution in [0.2, 0.25) is 0 Å². The summed E-state index contributed by atoms with van der Waals surface area (Å²) in [6.07, 6.45) is 2.30. The molecule has 2 aromatic rings. The van der Waals surface area contributed by atoms with Crippen molar-refractivity contribution in [3.8, 4) is 0 Å². The van der Waals surface area contributed by atoms with Gasteiger partial charge in [0.1, 0.15) is 10.6 Å². The number of anilines is 1. The van der Waals surface area contributed by atoms with Gasteiger partial charge in [0, 0.05) is 12.6 Å². The van der Waals surface area contributed by atoms with Crippen molar-refractivity contribution in [2.24, 2.45) is 5.92 Å². The van der Waals surface area contributed by atoms with Crippen molar-refractivity contribution < 1.29 is 4.79 Å². The molecule has 100 valence electrons. The summed E-state index contributed by atoms with van der Waals surface area (Å²) in [6, 6.07) is 3.06. The molecule has 0 spiro atoms. The first-order chi connectivity index (χ1) is 9.06. The van der Waals surface area contributed by atoms with Crippen LogP contribution in [0, 0.1) is 5.92 Å². The molecule has 0 aromatic carbocycles. The van der Waals surface area contributed by atoms with E-state index in [9.17, 15) is 9.59 Å². The zero-order valence-electron chi connectivity index (χ0n) is 10.6. The number of H-pyrrole nitrogens is 1. The summed E-state index contributed by atoms with van der Waals surface area (Å²) in [6.45, 7) is 4.17. The third-order valence-corrected chi connectivity index (χ3v) is 3.19. The van der Waals surface area contributed by atoms with Crippen molar-refractivity contribution in [3.05, 3.63) is 39.3 Å². The molecule has 0 bridgehead atoms. The largest absolute Gasteiger partial charge is 0.328 e. The summed E-state index contributed by atoms with van der Waals surface area (Å²) in [5.74, 6) is 0.00238. The highest BCUT2D eigenvalue weighted by Crippen LogP contribution is 2.18. The fourth-order valence-electron chi connectivity index (χ4n) is 1.50. The predicted molar refractivity (Wildman–Crippen MR) is 73.5 cm³/mol. The molecule has 2 rings (SSSR count). The lowest BCUT2D eigenvalue weighted by molar-refractivity contribution is 0.102. The van der Waals surface area contributed by atoms with E-state index in [1.165, 1.54) is 23.6 Å². The average molecular weight is 278 g/mol. The molecule has 2 N–H and O–H groups in total. The number of nitrogens with one attached hydrogen (secondary N) is 2. The van der Waals surface area contributed by atoms with Crippen molar-refractivity contribution in [1.82, 2.24) is 15.2 Å². The molecule has 0 radical (unpaired) electrons. The van der Waals surface area contributed by atoms with E-state index in [0.717, 1.165) is 11.4 Å². The van der Waals surface area contributed by atoms with Crippen molar-refractivity contribution >= 4 is 22.4 Å². The first-order valence-electron chi connectivity index (χ1n) is 5.87. The molecule has 0 unspecified atom stereocenters. The van der Waals surface area contributed by atoms with Crippen LogP contribution in [0.25, 0.3) is 0 Å². The Kier molecular flexibility index (Phi) is 4.06. The van der Waals surface area contributed by atoms with Crippen LogP contribution >= 0.6 is 11.3 Å². The van der Waals surface area contributed by atoms with E-state index in [4.69, 9.17) is 0 Å². The minimum atomic E-state index is -0.478. The van der Waals surface area contributed by atoms with Gasteiger partial charge in [-0.05, 0) is 18.1 Å². The van der Waals surface area contributed by atoms with Gasteiger partial charge in [-0.15, -0.1) is 10.2 Å². The maximum atomic E-state index is 11.9. The first-order valence-corrected chi connectivity index (χ1v) is 6.69. The smallest absolute Gasteiger partial charge is 0.263 e. The summed E-state index contributed by atoms with van der Waals surface area (Å²) in [7, 11) is 0. The van der Waals surface area contributed by atoms with Crippen LogP contribution in [0.4, 0.5) is 5.13 Å². The quantitative estimate of drug-likeness (QED) is 0.890. The summed E-state index contributed by atoms with van der Waals surface area (Å²) < 4.78 is 0. The molecule has 19 heavy (non-hydrogen) atoms. The maximum absolute atomic E-state index is 11.9. The Hall–Kier alpha value is -2.02. The van der Waals surface area contributed by atoms with Crippen LogP contribution < -0.4 is 10.9 Å². The summed E-state index contributed by atoms with van der Waals surface area (Å²) in [5, 5.41) is 11.7. The van der Waals surface area contributed by atoms with Crippen LogP contribution in [-0.4, -0.2) is 21.1 Å². The highest BCUT2D eigenvalue weighted by Gasteiger charge is 2.13. The van der Waals surface area contributed by atoms with Crippen LogP contribution in [0.1, 0.15) is 29.2 Å². The van der Waals surface area contributed by atoms with Gasteiger partial charge in [0.2, 0.25) is 5.13 Å². The molecule has 1 amide bonds. The van der Waals surface area contributed by atoms with Gasteiger partial charge < -0.3 is 4.98 Å². The minimum absolute atomic E-state index is 0.0584. The van der Waals surface area contributed by atoms with Crippen LogP contribution in [0.15, 0.2) is 23.1 Å². The fourth-order valence-corrected chi connectivity index (χ4v) is 2.45. The average Bonchev–Trinajstić information content (AvgIpc) is 2.76. The van der Waals surface area contributed by atoms with Gasteiger partial charge >= 0.3 is 0 Å². The summed E-state index contributed by atoms with van der Waals surface area (Å²) in [5.41, 5.74) is -0.366. The Morgan fingerprint density at radius 2 is 2.26 bits per heavy atom. The molecule has 2 heterocycles. The normalized spacial score (nSPS) is 10.7. The molecule has 7 heteroatoms. The van der Waals surface area contributed by atoms with Crippen molar-refractivity contribution in [2.45, 2.75) is 20.3 Å². The Labute approximate surface area is 113 Å². The van der Waals surface area contributed by atoms with Gasteiger partial charge in [0.25, 0.3) is 11.5 Å². The molecular weight excluding hydrogens is 264 g/mol. The third kappa shape index (κ3) is 3.47. The van der Waals surface area contributed by atoms with Gasteiger partial charge in [-0.1, -0.05) is 25.2 Å². The van der Waals surface area contributed by atoms with Crippen molar-refractivity contribution in [1.29, 1.82) is 0 Å². The zero-order chi connectivity index (χ0) is 13.8. The standard InChI is InChI=1S/C12H14N4O2S/c1-7(2)6-9-15-16-12(19-9)14-11(18)8-4-3-5-13-10(8)17/h3-5,7H,6H2,1-2H3,(H,13,17)(H,14,16,18). The van der Waals surface area contributed by atoms with Crippen LogP contribution in [-0.2, 0) is 6.42 Å². The Balaban J connectivity index is 2.09. The second-order valence-electron chi connectivity index (χ2n) is 4.47. The summed E-state index contributed by atoms with van der Waals surface area (Å²) in [4.78, 5) is 25.8. The lowest BCUT2D eigenvalue weighted by Gasteiger charge is -1.99. The maximum Gasteiger partial charge on any atom is 0.263 e. The Morgan fingerprint density at radius 1 is 1.47 bits per heavy atom. The lowest BCUT2D eigenvalue weighted by atomic mass is 10.1. The molecule has 0 atom stereocenters. The zero-order valence-corrected chi connectivity index (χ0v) is 11.5. The van der Waals surface area contributed by atoms with E-state index < -0.39 is 11.5 Å². The van der Waals surface area contributed by atoms with Crippen LogP contribution in [0.3, 0.4) is 0 Å². The second-order valence-corrected chi connectivity index (χ2v) is 5.53. The number of aromatic nitrogens is 3. The van der Waals surface area contributed by atoms with E-state index in [0.29, 0.717) is 11.0 Å². The molecule has 0 aliphatic heterocycles. The van der Waals surface area contributed by atoms with E-state index in [1.807, 2.05) is 0 Å². The van der Waals surface area contributed by atoms with Gasteiger partial charge in [0.15, 0.2) is 0 Å². The van der Waals surface area contributed by atoms with E-state index >= 15 is 0 Å². The Bertz CT molecular complexity index is 632. The SMILES string of the molecule is CC(C)Cc1nnc(NC(=O)c2ccc[nH]c2=O)s1. The van der Waals surface area contributed by atoms with Crippen molar-refractivity contribution in [2.75, 3.05) is 5.32 Å². The van der Waals surface area contributed by atoms with Gasteiger partial charge in [-0.2, -0.15) is 0 Å². The topological polar surface area (TPSA) is 87.7 Å². The predicted octanol–water partition coefficient (Wildman–Crippen LogP) is 1.68. The number of nitrogens with zero attached hydrogens (tertiary/aromatic N) is 2. The fraction of sp³-hybridized carbons (Fsp3) is 0.333. The van der Waals surface area contributed by atoms with Gasteiger partial charge in [-0.3, -0.25) is 14.9 Å². The minimum Gasteiger partial charge on any atom is -0.328 e. The Morgan fingerprint density at radius 3 is 2.95 bits per heavy atom. The second kappa shape index (κ2) is 5.75. The molecular formula is C12H14N4O2S. The highest BCUT2D eigenvalue weighted by atomic mass is 32.1. The molecule has 0 aliphatic rings. The first kappa shape index (κ1) is 13.4. The molecule has 0 saturated heterocycles. The number of hydrogen-bond acceptors (Lipinski definition) is 5. The van der Waals surface area contributed by atoms with Gasteiger partial charge in [0.05, 0.1) is 0 Å². The number of carbonyl (C=O) groups is 1. The number of carbonyl (C=O) groups excluding carboxylic acids is 1.